The third kappa shape index (κ3) is 4.49. The number of rotatable bonds is 4. The minimum Gasteiger partial charge on any atom is -0.369 e. The van der Waals surface area contributed by atoms with Crippen LogP contribution in [0.2, 0.25) is 0 Å². The first kappa shape index (κ1) is 18.6. The number of nitrogens with zero attached hydrogens (tertiary/aromatic N) is 1. The molecule has 142 valence electrons. The number of hydrogen-bond acceptors (Lipinski definition) is 3. The molecule has 1 aromatic heterocycles. The number of carbonyl (C=O) groups is 1. The van der Waals surface area contributed by atoms with E-state index >= 15 is 0 Å². The van der Waals surface area contributed by atoms with E-state index in [1.165, 1.54) is 19.1 Å². The summed E-state index contributed by atoms with van der Waals surface area (Å²) >= 11 is 0. The summed E-state index contributed by atoms with van der Waals surface area (Å²) in [5, 5.41) is 5.04. The molecule has 2 amide bonds. The van der Waals surface area contributed by atoms with Crippen LogP contribution >= 0.6 is 0 Å². The first-order chi connectivity index (χ1) is 12.7. The second kappa shape index (κ2) is 7.18. The number of aromatic nitrogens is 2. The number of nitrogen functional groups attached to an aromatic ring is 1. The monoisotopic (exact) mass is 377 g/mol. The Labute approximate surface area is 153 Å². The van der Waals surface area contributed by atoms with Crippen molar-refractivity contribution in [2.24, 2.45) is 0 Å². The summed E-state index contributed by atoms with van der Waals surface area (Å²) in [5.74, 6) is 0.330. The number of alkyl halides is 3. The fraction of sp³-hybridized carbons (Fsp3) is 0.222. The van der Waals surface area contributed by atoms with E-state index in [0.717, 1.165) is 22.7 Å². The fourth-order valence-electron chi connectivity index (χ4n) is 2.73. The Morgan fingerprint density at radius 1 is 1.22 bits per heavy atom. The van der Waals surface area contributed by atoms with Crippen molar-refractivity contribution in [3.63, 3.8) is 0 Å². The van der Waals surface area contributed by atoms with Gasteiger partial charge in [-0.2, -0.15) is 13.2 Å². The van der Waals surface area contributed by atoms with E-state index in [9.17, 15) is 18.0 Å². The number of nitrogens with two attached hydrogens (primary N) is 1. The predicted molar refractivity (Wildman–Crippen MR) is 97.4 cm³/mol. The maximum Gasteiger partial charge on any atom is 0.416 e. The van der Waals surface area contributed by atoms with E-state index < -0.39 is 17.8 Å². The molecule has 0 bridgehead atoms. The van der Waals surface area contributed by atoms with Gasteiger partial charge in [-0.3, -0.25) is 0 Å². The average molecular weight is 377 g/mol. The van der Waals surface area contributed by atoms with Crippen molar-refractivity contribution in [1.29, 1.82) is 0 Å². The molecule has 9 heteroatoms. The molecule has 0 fully saturated rings. The van der Waals surface area contributed by atoms with E-state index in [1.54, 1.807) is 0 Å². The Hall–Kier alpha value is -3.23. The van der Waals surface area contributed by atoms with Gasteiger partial charge in [0.2, 0.25) is 0 Å². The average Bonchev–Trinajstić information content (AvgIpc) is 2.95. The molecule has 27 heavy (non-hydrogen) atoms. The highest BCUT2D eigenvalue weighted by Crippen LogP contribution is 2.33. The van der Waals surface area contributed by atoms with Crippen molar-refractivity contribution < 1.29 is 18.0 Å². The SMILES string of the molecule is Cc1ccc(NC(=O)NCCc2ccc3nc(N)[nH]c3c2)cc1C(F)(F)F. The molecule has 0 aliphatic rings. The highest BCUT2D eigenvalue weighted by molar-refractivity contribution is 5.89. The van der Waals surface area contributed by atoms with Crippen LogP contribution in [0.5, 0.6) is 0 Å². The lowest BCUT2D eigenvalue weighted by Gasteiger charge is -2.13. The number of fused-ring (bicyclic) bond motifs is 1. The molecule has 0 aliphatic carbocycles. The molecule has 0 aliphatic heterocycles. The minimum absolute atomic E-state index is 0.0831. The topological polar surface area (TPSA) is 95.8 Å². The van der Waals surface area contributed by atoms with Crippen molar-refractivity contribution in [3.8, 4) is 0 Å². The van der Waals surface area contributed by atoms with Gasteiger partial charge in [-0.15, -0.1) is 0 Å². The van der Waals surface area contributed by atoms with Crippen LogP contribution < -0.4 is 16.4 Å². The summed E-state index contributed by atoms with van der Waals surface area (Å²) in [5.41, 5.74) is 7.52. The molecule has 6 nitrogen and oxygen atoms in total. The van der Waals surface area contributed by atoms with Crippen molar-refractivity contribution in [2.75, 3.05) is 17.6 Å². The number of hydrogen-bond donors (Lipinski definition) is 4. The third-order valence-electron chi connectivity index (χ3n) is 4.06. The summed E-state index contributed by atoms with van der Waals surface area (Å²) in [7, 11) is 0. The standard InChI is InChI=1S/C18H18F3N5O/c1-10-2-4-12(9-13(10)18(19,20)21)24-17(27)23-7-6-11-3-5-14-15(8-11)26-16(22)25-14/h2-5,8-9H,6-7H2,1H3,(H3,22,25,26)(H2,23,24,27). The number of urea groups is 1. The van der Waals surface area contributed by atoms with Gasteiger partial charge in [0.05, 0.1) is 16.6 Å². The molecular formula is C18H18F3N5O. The van der Waals surface area contributed by atoms with Crippen LogP contribution in [0.25, 0.3) is 11.0 Å². The molecule has 0 unspecified atom stereocenters. The van der Waals surface area contributed by atoms with Gasteiger partial charge >= 0.3 is 12.2 Å². The Morgan fingerprint density at radius 2 is 2.00 bits per heavy atom. The van der Waals surface area contributed by atoms with Crippen molar-refractivity contribution in [2.45, 2.75) is 19.5 Å². The molecular weight excluding hydrogens is 359 g/mol. The van der Waals surface area contributed by atoms with Gasteiger partial charge in [0.25, 0.3) is 0 Å². The Kier molecular flexibility index (Phi) is 4.93. The molecule has 2 aromatic carbocycles. The first-order valence-electron chi connectivity index (χ1n) is 8.19. The first-order valence-corrected chi connectivity index (χ1v) is 8.19. The van der Waals surface area contributed by atoms with Gasteiger partial charge in [0.1, 0.15) is 0 Å². The summed E-state index contributed by atoms with van der Waals surface area (Å²) in [6, 6.07) is 8.68. The fourth-order valence-corrected chi connectivity index (χ4v) is 2.73. The maximum atomic E-state index is 12.9. The van der Waals surface area contributed by atoms with E-state index in [1.807, 2.05) is 18.2 Å². The van der Waals surface area contributed by atoms with Crippen LogP contribution in [0.3, 0.4) is 0 Å². The van der Waals surface area contributed by atoms with E-state index in [0.29, 0.717) is 18.9 Å². The predicted octanol–water partition coefficient (Wildman–Crippen LogP) is 3.84. The highest BCUT2D eigenvalue weighted by Gasteiger charge is 2.32. The molecule has 1 heterocycles. The minimum atomic E-state index is -4.47. The van der Waals surface area contributed by atoms with Crippen LogP contribution in [0.4, 0.5) is 29.6 Å². The number of aryl methyl sites for hydroxylation is 1. The number of benzene rings is 2. The third-order valence-corrected chi connectivity index (χ3v) is 4.06. The molecule has 3 rings (SSSR count). The zero-order chi connectivity index (χ0) is 19.6. The number of halogens is 3. The van der Waals surface area contributed by atoms with E-state index in [-0.39, 0.29) is 11.3 Å². The second-order valence-electron chi connectivity index (χ2n) is 6.13. The summed E-state index contributed by atoms with van der Waals surface area (Å²) in [4.78, 5) is 19.0. The van der Waals surface area contributed by atoms with Crippen LogP contribution in [-0.2, 0) is 12.6 Å². The molecule has 0 saturated heterocycles. The van der Waals surface area contributed by atoms with Gasteiger partial charge in [-0.25, -0.2) is 9.78 Å². The van der Waals surface area contributed by atoms with Crippen molar-refractivity contribution in [3.05, 3.63) is 53.1 Å². The number of nitrogens with one attached hydrogen (secondary N) is 3. The molecule has 5 N–H and O–H groups in total. The van der Waals surface area contributed by atoms with Crippen LogP contribution in [0.1, 0.15) is 16.7 Å². The molecule has 3 aromatic rings. The number of amides is 2. The Bertz CT molecular complexity index is 981. The zero-order valence-electron chi connectivity index (χ0n) is 14.4. The lowest BCUT2D eigenvalue weighted by atomic mass is 10.1. The summed E-state index contributed by atoms with van der Waals surface area (Å²) in [6.07, 6.45) is -3.92. The molecule has 0 spiro atoms. The van der Waals surface area contributed by atoms with E-state index in [4.69, 9.17) is 5.73 Å². The Balaban J connectivity index is 1.56. The van der Waals surface area contributed by atoms with Gasteiger partial charge in [0.15, 0.2) is 5.95 Å². The number of carbonyl (C=O) groups excluding carboxylic acids is 1. The van der Waals surface area contributed by atoms with Gasteiger partial charge in [-0.05, 0) is 48.7 Å². The Morgan fingerprint density at radius 3 is 2.74 bits per heavy atom. The van der Waals surface area contributed by atoms with Gasteiger partial charge in [0, 0.05) is 12.2 Å². The highest BCUT2D eigenvalue weighted by atomic mass is 19.4. The number of aromatic amines is 1. The zero-order valence-corrected chi connectivity index (χ0v) is 14.4. The summed E-state index contributed by atoms with van der Waals surface area (Å²) < 4.78 is 38.8. The molecule has 0 radical (unpaired) electrons. The number of H-pyrrole nitrogens is 1. The number of anilines is 2. The van der Waals surface area contributed by atoms with Gasteiger partial charge < -0.3 is 21.4 Å². The molecule has 0 atom stereocenters. The smallest absolute Gasteiger partial charge is 0.369 e. The largest absolute Gasteiger partial charge is 0.416 e. The lowest BCUT2D eigenvalue weighted by Crippen LogP contribution is -2.30. The summed E-state index contributed by atoms with van der Waals surface area (Å²) in [6.45, 7) is 1.69. The van der Waals surface area contributed by atoms with Crippen molar-refractivity contribution in [1.82, 2.24) is 15.3 Å². The normalized spacial score (nSPS) is 11.6. The number of imidazole rings is 1. The van der Waals surface area contributed by atoms with Crippen LogP contribution in [0, 0.1) is 6.92 Å². The van der Waals surface area contributed by atoms with Crippen LogP contribution in [-0.4, -0.2) is 22.5 Å². The van der Waals surface area contributed by atoms with Crippen LogP contribution in [0.15, 0.2) is 36.4 Å². The molecule has 0 saturated carbocycles. The van der Waals surface area contributed by atoms with Crippen molar-refractivity contribution >= 4 is 28.7 Å². The maximum absolute atomic E-state index is 12.9. The lowest BCUT2D eigenvalue weighted by molar-refractivity contribution is -0.138. The van der Waals surface area contributed by atoms with E-state index in [2.05, 4.69) is 20.6 Å². The quantitative estimate of drug-likeness (QED) is 0.556. The second-order valence-corrected chi connectivity index (χ2v) is 6.13. The van der Waals surface area contributed by atoms with Gasteiger partial charge in [-0.1, -0.05) is 12.1 Å².